The number of furan rings is 1. The molecule has 0 aliphatic heterocycles. The summed E-state index contributed by atoms with van der Waals surface area (Å²) in [6, 6.07) is 16.2. The number of hydrogen-bond acceptors (Lipinski definition) is 7. The number of para-hydroxylation sites is 1. The smallest absolute Gasteiger partial charge is 0.337 e. The van der Waals surface area contributed by atoms with Gasteiger partial charge < -0.3 is 14.5 Å². The molecule has 0 atom stereocenters. The zero-order valence-electron chi connectivity index (χ0n) is 17.3. The molecule has 8 nitrogen and oxygen atoms in total. The van der Waals surface area contributed by atoms with Crippen LogP contribution in [0.3, 0.4) is 0 Å². The summed E-state index contributed by atoms with van der Waals surface area (Å²) in [7, 11) is 1.31. The van der Waals surface area contributed by atoms with Gasteiger partial charge in [-0.3, -0.25) is 9.36 Å². The second-order valence-electron chi connectivity index (χ2n) is 6.76. The maximum atomic E-state index is 12.5. The minimum absolute atomic E-state index is 0.109. The van der Waals surface area contributed by atoms with Crippen molar-refractivity contribution in [3.8, 4) is 11.6 Å². The quantitative estimate of drug-likeness (QED) is 0.242. The fourth-order valence-electron chi connectivity index (χ4n) is 3.13. The van der Waals surface area contributed by atoms with Crippen LogP contribution >= 0.6 is 11.8 Å². The van der Waals surface area contributed by atoms with E-state index in [9.17, 15) is 9.59 Å². The van der Waals surface area contributed by atoms with E-state index in [4.69, 9.17) is 9.15 Å². The zero-order chi connectivity index (χ0) is 22.5. The van der Waals surface area contributed by atoms with Crippen LogP contribution in [-0.4, -0.2) is 39.5 Å². The molecule has 0 fully saturated rings. The van der Waals surface area contributed by atoms with E-state index in [0.717, 1.165) is 11.0 Å². The molecule has 2 aromatic heterocycles. The van der Waals surface area contributed by atoms with Crippen molar-refractivity contribution < 1.29 is 18.7 Å². The second kappa shape index (κ2) is 9.52. The van der Waals surface area contributed by atoms with Crippen molar-refractivity contribution in [3.05, 3.63) is 72.8 Å². The lowest BCUT2D eigenvalue weighted by molar-refractivity contribution is -0.113. The summed E-state index contributed by atoms with van der Waals surface area (Å²) in [5.41, 5.74) is 1.63. The molecule has 0 spiro atoms. The first-order valence-corrected chi connectivity index (χ1v) is 10.7. The Hall–Kier alpha value is -3.85. The molecule has 1 amide bonds. The van der Waals surface area contributed by atoms with Crippen LogP contribution in [0.2, 0.25) is 0 Å². The Morgan fingerprint density at radius 3 is 2.81 bits per heavy atom. The van der Waals surface area contributed by atoms with Crippen molar-refractivity contribution in [2.45, 2.75) is 11.7 Å². The number of fused-ring (bicyclic) bond motifs is 1. The minimum atomic E-state index is -0.467. The molecule has 162 valence electrons. The molecule has 4 rings (SSSR count). The molecular weight excluding hydrogens is 428 g/mol. The number of ether oxygens (including phenoxy) is 1. The summed E-state index contributed by atoms with van der Waals surface area (Å²) in [6.07, 6.45) is 1.73. The number of rotatable bonds is 8. The van der Waals surface area contributed by atoms with Gasteiger partial charge in [-0.2, -0.15) is 0 Å². The average Bonchev–Trinajstić information content (AvgIpc) is 3.41. The Bertz CT molecular complexity index is 1260. The van der Waals surface area contributed by atoms with Crippen molar-refractivity contribution in [2.24, 2.45) is 0 Å². The van der Waals surface area contributed by atoms with Crippen LogP contribution in [0.5, 0.6) is 0 Å². The lowest BCUT2D eigenvalue weighted by Crippen LogP contribution is -2.15. The van der Waals surface area contributed by atoms with Gasteiger partial charge in [0.15, 0.2) is 10.9 Å². The van der Waals surface area contributed by atoms with Crippen LogP contribution in [0.1, 0.15) is 10.4 Å². The van der Waals surface area contributed by atoms with Gasteiger partial charge in [-0.05, 0) is 30.3 Å². The molecular formula is C23H20N4O4S. The highest BCUT2D eigenvalue weighted by Crippen LogP contribution is 2.29. The molecule has 0 bridgehead atoms. The first-order chi connectivity index (χ1) is 15.6. The summed E-state index contributed by atoms with van der Waals surface area (Å²) in [4.78, 5) is 24.1. The highest BCUT2D eigenvalue weighted by molar-refractivity contribution is 7.99. The molecule has 32 heavy (non-hydrogen) atoms. The SMILES string of the molecule is C=CCn1c(SCC(=O)Nc2cccc(C(=O)OC)c2)nnc1-c1cc2ccccc2o1. The number of thioether (sulfide) groups is 1. The number of nitrogens with one attached hydrogen (secondary N) is 1. The van der Waals surface area contributed by atoms with Crippen LogP contribution in [0.4, 0.5) is 5.69 Å². The third-order valence-electron chi connectivity index (χ3n) is 4.57. The van der Waals surface area contributed by atoms with Crippen LogP contribution in [-0.2, 0) is 16.1 Å². The zero-order valence-corrected chi connectivity index (χ0v) is 18.1. The molecule has 0 saturated carbocycles. The number of allylic oxidation sites excluding steroid dienone is 1. The van der Waals surface area contributed by atoms with Gasteiger partial charge in [0.25, 0.3) is 0 Å². The Morgan fingerprint density at radius 1 is 1.19 bits per heavy atom. The molecule has 0 radical (unpaired) electrons. The summed E-state index contributed by atoms with van der Waals surface area (Å²) >= 11 is 1.25. The highest BCUT2D eigenvalue weighted by Gasteiger charge is 2.18. The minimum Gasteiger partial charge on any atom is -0.465 e. The number of methoxy groups -OCH3 is 1. The maximum absolute atomic E-state index is 12.5. The lowest BCUT2D eigenvalue weighted by atomic mass is 10.2. The predicted octanol–water partition coefficient (Wildman–Crippen LogP) is 4.39. The Balaban J connectivity index is 1.48. The van der Waals surface area contributed by atoms with Gasteiger partial charge in [-0.1, -0.05) is 42.1 Å². The van der Waals surface area contributed by atoms with E-state index in [1.54, 1.807) is 30.3 Å². The standard InChI is InChI=1S/C23H20N4O4S/c1-3-11-27-21(19-13-15-7-4-5-10-18(15)31-19)25-26-23(27)32-14-20(28)24-17-9-6-8-16(12-17)22(29)30-2/h3-10,12-13H,1,11,14H2,2H3,(H,24,28). The molecule has 9 heteroatoms. The third-order valence-corrected chi connectivity index (χ3v) is 5.54. The number of nitrogens with zero attached hydrogens (tertiary/aromatic N) is 3. The fraction of sp³-hybridized carbons (Fsp3) is 0.130. The number of carbonyl (C=O) groups is 2. The Kier molecular flexibility index (Phi) is 6.37. The van der Waals surface area contributed by atoms with E-state index >= 15 is 0 Å². The molecule has 0 aliphatic carbocycles. The topological polar surface area (TPSA) is 99.2 Å². The van der Waals surface area contributed by atoms with Gasteiger partial charge in [0.2, 0.25) is 11.7 Å². The molecule has 2 heterocycles. The molecule has 4 aromatic rings. The van der Waals surface area contributed by atoms with Gasteiger partial charge in [-0.25, -0.2) is 4.79 Å². The van der Waals surface area contributed by atoms with Crippen molar-refractivity contribution in [2.75, 3.05) is 18.2 Å². The van der Waals surface area contributed by atoms with Crippen molar-refractivity contribution in [3.63, 3.8) is 0 Å². The summed E-state index contributed by atoms with van der Waals surface area (Å²) in [6.45, 7) is 4.26. The van der Waals surface area contributed by atoms with Crippen LogP contribution < -0.4 is 5.32 Å². The molecule has 1 N–H and O–H groups in total. The molecule has 0 unspecified atom stereocenters. The van der Waals surface area contributed by atoms with E-state index in [0.29, 0.717) is 34.5 Å². The van der Waals surface area contributed by atoms with Crippen LogP contribution in [0.25, 0.3) is 22.6 Å². The number of hydrogen-bond donors (Lipinski definition) is 1. The van der Waals surface area contributed by atoms with E-state index in [1.165, 1.54) is 18.9 Å². The first kappa shape index (κ1) is 21.4. The van der Waals surface area contributed by atoms with Crippen molar-refractivity contribution >= 4 is 40.3 Å². The van der Waals surface area contributed by atoms with Crippen molar-refractivity contribution in [1.82, 2.24) is 14.8 Å². The van der Waals surface area contributed by atoms with Gasteiger partial charge in [0.05, 0.1) is 18.4 Å². The Labute approximate surface area is 188 Å². The summed E-state index contributed by atoms with van der Waals surface area (Å²) < 4.78 is 12.5. The number of benzene rings is 2. The van der Waals surface area contributed by atoms with Gasteiger partial charge in [0.1, 0.15) is 5.58 Å². The predicted molar refractivity (Wildman–Crippen MR) is 123 cm³/mol. The van der Waals surface area contributed by atoms with E-state index in [1.807, 2.05) is 34.9 Å². The van der Waals surface area contributed by atoms with Crippen LogP contribution in [0.15, 0.2) is 76.8 Å². The van der Waals surface area contributed by atoms with Crippen LogP contribution in [0, 0.1) is 0 Å². The fourth-order valence-corrected chi connectivity index (χ4v) is 3.88. The summed E-state index contributed by atoms with van der Waals surface area (Å²) in [5, 5.41) is 12.8. The van der Waals surface area contributed by atoms with Gasteiger partial charge >= 0.3 is 5.97 Å². The molecule has 0 saturated heterocycles. The largest absolute Gasteiger partial charge is 0.465 e. The van der Waals surface area contributed by atoms with E-state index < -0.39 is 5.97 Å². The average molecular weight is 449 g/mol. The number of esters is 1. The first-order valence-electron chi connectivity index (χ1n) is 9.73. The molecule has 2 aromatic carbocycles. The van der Waals surface area contributed by atoms with Crippen molar-refractivity contribution in [1.29, 1.82) is 0 Å². The van der Waals surface area contributed by atoms with E-state index in [-0.39, 0.29) is 11.7 Å². The lowest BCUT2D eigenvalue weighted by Gasteiger charge is -2.08. The number of carbonyl (C=O) groups excluding carboxylic acids is 2. The number of amides is 1. The maximum Gasteiger partial charge on any atom is 0.337 e. The summed E-state index contributed by atoms with van der Waals surface area (Å²) in [5.74, 6) is 0.561. The normalized spacial score (nSPS) is 10.8. The van der Waals surface area contributed by atoms with E-state index in [2.05, 4.69) is 22.1 Å². The third kappa shape index (κ3) is 4.57. The Morgan fingerprint density at radius 2 is 2.03 bits per heavy atom. The monoisotopic (exact) mass is 448 g/mol. The van der Waals surface area contributed by atoms with Gasteiger partial charge in [0, 0.05) is 17.6 Å². The highest BCUT2D eigenvalue weighted by atomic mass is 32.2. The number of aromatic nitrogens is 3. The number of anilines is 1. The molecule has 0 aliphatic rings. The second-order valence-corrected chi connectivity index (χ2v) is 7.71. The van der Waals surface area contributed by atoms with Gasteiger partial charge in [-0.15, -0.1) is 16.8 Å².